The summed E-state index contributed by atoms with van der Waals surface area (Å²) in [5.74, 6) is -1.39. The Balaban J connectivity index is 1.48. The Morgan fingerprint density at radius 2 is 2.04 bits per heavy atom. The number of rotatable bonds is 6. The highest BCUT2D eigenvalue weighted by molar-refractivity contribution is 6.00. The summed E-state index contributed by atoms with van der Waals surface area (Å²) in [6, 6.07) is 6.53. The minimum absolute atomic E-state index is 0.0936. The second kappa shape index (κ2) is 7.65. The monoisotopic (exact) mass is 346 g/mol. The Kier molecular flexibility index (Phi) is 5.33. The van der Waals surface area contributed by atoms with Gasteiger partial charge in [-0.15, -0.1) is 0 Å². The maximum atomic E-state index is 12.3. The highest BCUT2D eigenvalue weighted by atomic mass is 16.5. The summed E-state index contributed by atoms with van der Waals surface area (Å²) in [5, 5.41) is 5.62. The Hall–Kier alpha value is -2.41. The van der Waals surface area contributed by atoms with Gasteiger partial charge in [0.15, 0.2) is 0 Å². The first-order valence-corrected chi connectivity index (χ1v) is 8.47. The Morgan fingerprint density at radius 3 is 2.76 bits per heavy atom. The number of nitrogens with one attached hydrogen (secondary N) is 2. The zero-order valence-corrected chi connectivity index (χ0v) is 14.1. The van der Waals surface area contributed by atoms with E-state index in [4.69, 9.17) is 4.74 Å². The van der Waals surface area contributed by atoms with E-state index in [2.05, 4.69) is 15.4 Å². The summed E-state index contributed by atoms with van der Waals surface area (Å²) in [5.41, 5.74) is 0.875. The van der Waals surface area contributed by atoms with E-state index in [1.165, 1.54) is 7.11 Å². The van der Waals surface area contributed by atoms with Gasteiger partial charge in [-0.05, 0) is 37.5 Å². The van der Waals surface area contributed by atoms with Crippen LogP contribution in [-0.2, 0) is 19.1 Å². The Labute approximate surface area is 146 Å². The van der Waals surface area contributed by atoms with Crippen molar-refractivity contribution in [3.63, 3.8) is 0 Å². The Bertz CT molecular complexity index is 669. The van der Waals surface area contributed by atoms with E-state index in [9.17, 15) is 14.4 Å². The number of benzene rings is 1. The van der Waals surface area contributed by atoms with Gasteiger partial charge in [0.2, 0.25) is 11.8 Å². The average Bonchev–Trinajstić information content (AvgIpc) is 3.27. The number of carbonyl (C=O) groups is 3. The smallest absolute Gasteiger partial charge is 0.337 e. The SMILES string of the molecule is COC(=O)c1cccc(NC(=O)C2CC2C(=O)NCC2CCCO2)c1. The van der Waals surface area contributed by atoms with Crippen LogP contribution in [0.25, 0.3) is 0 Å². The number of hydrogen-bond acceptors (Lipinski definition) is 5. The fourth-order valence-electron chi connectivity index (χ4n) is 3.00. The Morgan fingerprint density at radius 1 is 1.24 bits per heavy atom. The fraction of sp³-hybridized carbons (Fsp3) is 0.500. The molecule has 1 saturated heterocycles. The summed E-state index contributed by atoms with van der Waals surface area (Å²) in [6.45, 7) is 1.25. The van der Waals surface area contributed by atoms with E-state index in [0.29, 0.717) is 24.2 Å². The van der Waals surface area contributed by atoms with Crippen molar-refractivity contribution in [3.8, 4) is 0 Å². The number of anilines is 1. The molecule has 1 aromatic rings. The zero-order valence-electron chi connectivity index (χ0n) is 14.1. The molecule has 1 aliphatic heterocycles. The summed E-state index contributed by atoms with van der Waals surface area (Å²) < 4.78 is 10.1. The van der Waals surface area contributed by atoms with Crippen molar-refractivity contribution in [1.82, 2.24) is 5.32 Å². The first kappa shape index (κ1) is 17.4. The van der Waals surface area contributed by atoms with Crippen LogP contribution >= 0.6 is 0 Å². The lowest BCUT2D eigenvalue weighted by Gasteiger charge is -2.10. The maximum absolute atomic E-state index is 12.3. The third kappa shape index (κ3) is 4.36. The van der Waals surface area contributed by atoms with Crippen LogP contribution in [0.2, 0.25) is 0 Å². The van der Waals surface area contributed by atoms with Crippen LogP contribution in [-0.4, -0.2) is 44.1 Å². The van der Waals surface area contributed by atoms with Crippen LogP contribution in [0.1, 0.15) is 29.6 Å². The predicted molar refractivity (Wildman–Crippen MR) is 90.0 cm³/mol. The van der Waals surface area contributed by atoms with Gasteiger partial charge in [0.05, 0.1) is 30.6 Å². The molecule has 3 unspecified atom stereocenters. The molecule has 3 atom stereocenters. The maximum Gasteiger partial charge on any atom is 0.337 e. The van der Waals surface area contributed by atoms with Crippen molar-refractivity contribution in [3.05, 3.63) is 29.8 Å². The van der Waals surface area contributed by atoms with Crippen molar-refractivity contribution in [1.29, 1.82) is 0 Å². The molecule has 134 valence electrons. The molecule has 2 amide bonds. The predicted octanol–water partition coefficient (Wildman–Crippen LogP) is 1.34. The van der Waals surface area contributed by atoms with E-state index in [0.717, 1.165) is 19.4 Å². The van der Waals surface area contributed by atoms with Gasteiger partial charge < -0.3 is 20.1 Å². The normalized spacial score (nSPS) is 24.4. The molecule has 1 aliphatic carbocycles. The second-order valence-electron chi connectivity index (χ2n) is 6.39. The third-order valence-corrected chi connectivity index (χ3v) is 4.54. The van der Waals surface area contributed by atoms with Crippen LogP contribution in [0.5, 0.6) is 0 Å². The van der Waals surface area contributed by atoms with Crippen molar-refractivity contribution < 1.29 is 23.9 Å². The van der Waals surface area contributed by atoms with Gasteiger partial charge in [-0.3, -0.25) is 9.59 Å². The van der Waals surface area contributed by atoms with Crippen LogP contribution < -0.4 is 10.6 Å². The number of hydrogen-bond donors (Lipinski definition) is 2. The molecule has 7 nitrogen and oxygen atoms in total. The molecule has 0 aromatic heterocycles. The summed E-state index contributed by atoms with van der Waals surface area (Å²) in [6.07, 6.45) is 2.63. The molecular weight excluding hydrogens is 324 g/mol. The number of esters is 1. The van der Waals surface area contributed by atoms with Crippen LogP contribution in [0, 0.1) is 11.8 Å². The molecule has 2 N–H and O–H groups in total. The second-order valence-corrected chi connectivity index (χ2v) is 6.39. The van der Waals surface area contributed by atoms with Crippen molar-refractivity contribution in [2.75, 3.05) is 25.6 Å². The molecular formula is C18H22N2O5. The summed E-state index contributed by atoms with van der Waals surface area (Å²) in [4.78, 5) is 35.9. The van der Waals surface area contributed by atoms with Gasteiger partial charge >= 0.3 is 5.97 Å². The largest absolute Gasteiger partial charge is 0.465 e. The van der Waals surface area contributed by atoms with Gasteiger partial charge in [-0.2, -0.15) is 0 Å². The molecule has 25 heavy (non-hydrogen) atoms. The lowest BCUT2D eigenvalue weighted by Crippen LogP contribution is -2.33. The van der Waals surface area contributed by atoms with E-state index in [1.54, 1.807) is 24.3 Å². The lowest BCUT2D eigenvalue weighted by atomic mass is 10.2. The molecule has 2 fully saturated rings. The van der Waals surface area contributed by atoms with Crippen LogP contribution in [0.3, 0.4) is 0 Å². The number of carbonyl (C=O) groups excluding carboxylic acids is 3. The molecule has 3 rings (SSSR count). The molecule has 0 radical (unpaired) electrons. The molecule has 0 spiro atoms. The molecule has 1 heterocycles. The van der Waals surface area contributed by atoms with Gasteiger partial charge in [-0.1, -0.05) is 6.07 Å². The topological polar surface area (TPSA) is 93.7 Å². The highest BCUT2D eigenvalue weighted by Gasteiger charge is 2.48. The van der Waals surface area contributed by atoms with Gasteiger partial charge in [0.1, 0.15) is 0 Å². The van der Waals surface area contributed by atoms with E-state index >= 15 is 0 Å². The number of amides is 2. The van der Waals surface area contributed by atoms with E-state index in [1.807, 2.05) is 0 Å². The quantitative estimate of drug-likeness (QED) is 0.758. The first-order chi connectivity index (χ1) is 12.1. The molecule has 0 bridgehead atoms. The van der Waals surface area contributed by atoms with Crippen LogP contribution in [0.4, 0.5) is 5.69 Å². The lowest BCUT2D eigenvalue weighted by molar-refractivity contribution is -0.125. The standard InChI is InChI=1S/C18H22N2O5/c1-24-18(23)11-4-2-5-12(8-11)20-17(22)15-9-14(15)16(21)19-10-13-6-3-7-25-13/h2,4-5,8,13-15H,3,6-7,9-10H2,1H3,(H,19,21)(H,20,22). The van der Waals surface area contributed by atoms with E-state index < -0.39 is 5.97 Å². The van der Waals surface area contributed by atoms with Gasteiger partial charge in [0, 0.05) is 18.8 Å². The zero-order chi connectivity index (χ0) is 17.8. The number of methoxy groups -OCH3 is 1. The van der Waals surface area contributed by atoms with E-state index in [-0.39, 0.29) is 29.8 Å². The summed E-state index contributed by atoms with van der Waals surface area (Å²) >= 11 is 0. The van der Waals surface area contributed by atoms with Crippen molar-refractivity contribution >= 4 is 23.5 Å². The van der Waals surface area contributed by atoms with Crippen molar-refractivity contribution in [2.45, 2.75) is 25.4 Å². The molecule has 2 aliphatic rings. The fourth-order valence-corrected chi connectivity index (χ4v) is 3.00. The molecule has 1 saturated carbocycles. The minimum Gasteiger partial charge on any atom is -0.465 e. The molecule has 1 aromatic carbocycles. The third-order valence-electron chi connectivity index (χ3n) is 4.54. The van der Waals surface area contributed by atoms with Crippen molar-refractivity contribution in [2.24, 2.45) is 11.8 Å². The highest BCUT2D eigenvalue weighted by Crippen LogP contribution is 2.39. The van der Waals surface area contributed by atoms with Crippen LogP contribution in [0.15, 0.2) is 24.3 Å². The van der Waals surface area contributed by atoms with Gasteiger partial charge in [-0.25, -0.2) is 4.79 Å². The first-order valence-electron chi connectivity index (χ1n) is 8.47. The summed E-state index contributed by atoms with van der Waals surface area (Å²) in [7, 11) is 1.30. The number of ether oxygens (including phenoxy) is 2. The van der Waals surface area contributed by atoms with Gasteiger partial charge in [0.25, 0.3) is 0 Å². The molecule has 7 heteroatoms. The average molecular weight is 346 g/mol. The minimum atomic E-state index is -0.464.